The zero-order valence-corrected chi connectivity index (χ0v) is 15.6. The number of pyridine rings is 1. The third-order valence-corrected chi connectivity index (χ3v) is 5.12. The molecule has 5 rings (SSSR count). The molecule has 9 nitrogen and oxygen atoms in total. The van der Waals surface area contributed by atoms with Gasteiger partial charge in [-0.3, -0.25) is 9.36 Å². The number of carbonyl (C=O) groups excluding carboxylic acids is 1. The lowest BCUT2D eigenvalue weighted by Crippen LogP contribution is -2.29. The Morgan fingerprint density at radius 2 is 2.07 bits per heavy atom. The lowest BCUT2D eigenvalue weighted by molar-refractivity contribution is -0.130. The molecule has 1 aliphatic rings. The van der Waals surface area contributed by atoms with Gasteiger partial charge < -0.3 is 14.5 Å². The SMILES string of the molecule is CC(=O)N1C[C@@H](O)C[C@H]1c1nc(-c2ccc(-n3cnc4ccccc43)nc2)no1. The first-order chi connectivity index (χ1) is 14.1. The number of hydrogen-bond donors (Lipinski definition) is 1. The number of aromatic nitrogens is 5. The van der Waals surface area contributed by atoms with E-state index in [1.165, 1.54) is 6.92 Å². The normalized spacial score (nSPS) is 19.2. The molecule has 1 N–H and O–H groups in total. The van der Waals surface area contributed by atoms with Gasteiger partial charge in [0.25, 0.3) is 0 Å². The Morgan fingerprint density at radius 3 is 2.86 bits per heavy atom. The Hall–Kier alpha value is -3.59. The third kappa shape index (κ3) is 3.05. The summed E-state index contributed by atoms with van der Waals surface area (Å²) in [5, 5.41) is 13.9. The third-order valence-electron chi connectivity index (χ3n) is 5.12. The second-order valence-corrected chi connectivity index (χ2v) is 7.04. The number of likely N-dealkylation sites (tertiary alicyclic amines) is 1. The number of aliphatic hydroxyl groups is 1. The van der Waals surface area contributed by atoms with Crippen molar-refractivity contribution in [2.45, 2.75) is 25.5 Å². The predicted molar refractivity (Wildman–Crippen MR) is 103 cm³/mol. The fourth-order valence-electron chi connectivity index (χ4n) is 3.69. The van der Waals surface area contributed by atoms with Crippen LogP contribution in [0.3, 0.4) is 0 Å². The van der Waals surface area contributed by atoms with Crippen LogP contribution in [0.15, 0.2) is 53.4 Å². The number of fused-ring (bicyclic) bond motifs is 1. The van der Waals surface area contributed by atoms with Crippen molar-refractivity contribution in [3.63, 3.8) is 0 Å². The summed E-state index contributed by atoms with van der Waals surface area (Å²) in [5.74, 6) is 1.30. The number of amides is 1. The summed E-state index contributed by atoms with van der Waals surface area (Å²) in [6.07, 6.45) is 3.20. The van der Waals surface area contributed by atoms with Crippen LogP contribution < -0.4 is 0 Å². The van der Waals surface area contributed by atoms with E-state index < -0.39 is 12.1 Å². The Balaban J connectivity index is 1.42. The van der Waals surface area contributed by atoms with Gasteiger partial charge in [-0.2, -0.15) is 4.98 Å². The van der Waals surface area contributed by atoms with Gasteiger partial charge in [-0.25, -0.2) is 9.97 Å². The first kappa shape index (κ1) is 17.5. The summed E-state index contributed by atoms with van der Waals surface area (Å²) in [6.45, 7) is 1.73. The van der Waals surface area contributed by atoms with Crippen LogP contribution in [0.1, 0.15) is 25.3 Å². The number of rotatable bonds is 3. The molecule has 0 unspecified atom stereocenters. The van der Waals surface area contributed by atoms with E-state index in [1.54, 1.807) is 17.4 Å². The molecule has 9 heteroatoms. The number of aliphatic hydroxyl groups excluding tert-OH is 1. The van der Waals surface area contributed by atoms with E-state index in [0.717, 1.165) is 16.9 Å². The molecule has 1 fully saturated rings. The van der Waals surface area contributed by atoms with Gasteiger partial charge in [-0.15, -0.1) is 0 Å². The first-order valence-corrected chi connectivity index (χ1v) is 9.28. The molecule has 0 radical (unpaired) electrons. The van der Waals surface area contributed by atoms with Crippen LogP contribution in [0.4, 0.5) is 0 Å². The maximum absolute atomic E-state index is 11.8. The van der Waals surface area contributed by atoms with E-state index in [1.807, 2.05) is 41.0 Å². The Morgan fingerprint density at radius 1 is 1.21 bits per heavy atom. The minimum absolute atomic E-state index is 0.134. The van der Waals surface area contributed by atoms with Crippen LogP contribution in [0.25, 0.3) is 28.2 Å². The average molecular weight is 390 g/mol. The van der Waals surface area contributed by atoms with E-state index >= 15 is 0 Å². The van der Waals surface area contributed by atoms with E-state index in [2.05, 4.69) is 20.1 Å². The summed E-state index contributed by atoms with van der Waals surface area (Å²) < 4.78 is 7.29. The van der Waals surface area contributed by atoms with Crippen molar-refractivity contribution >= 4 is 16.9 Å². The fourth-order valence-corrected chi connectivity index (χ4v) is 3.69. The molecular formula is C20H18N6O3. The summed E-state index contributed by atoms with van der Waals surface area (Å²) in [5.41, 5.74) is 2.56. The molecule has 29 heavy (non-hydrogen) atoms. The topological polar surface area (TPSA) is 110 Å². The Labute approximate surface area is 165 Å². The maximum atomic E-state index is 11.8. The number of para-hydroxylation sites is 2. The second-order valence-electron chi connectivity index (χ2n) is 7.04. The number of hydrogen-bond acceptors (Lipinski definition) is 7. The molecule has 1 aliphatic heterocycles. The average Bonchev–Trinajstić information content (AvgIpc) is 3.46. The summed E-state index contributed by atoms with van der Waals surface area (Å²) in [7, 11) is 0. The van der Waals surface area contributed by atoms with Crippen LogP contribution >= 0.6 is 0 Å². The number of carbonyl (C=O) groups is 1. The smallest absolute Gasteiger partial charge is 0.249 e. The lowest BCUT2D eigenvalue weighted by atomic mass is 10.2. The van der Waals surface area contributed by atoms with Gasteiger partial charge in [0.1, 0.15) is 18.2 Å². The zero-order chi connectivity index (χ0) is 20.0. The van der Waals surface area contributed by atoms with Crippen molar-refractivity contribution in [1.82, 2.24) is 29.6 Å². The van der Waals surface area contributed by atoms with E-state index in [-0.39, 0.29) is 12.5 Å². The molecule has 3 aromatic heterocycles. The minimum Gasteiger partial charge on any atom is -0.391 e. The van der Waals surface area contributed by atoms with Gasteiger partial charge in [0.15, 0.2) is 0 Å². The molecule has 0 bridgehead atoms. The first-order valence-electron chi connectivity index (χ1n) is 9.28. The van der Waals surface area contributed by atoms with E-state index in [4.69, 9.17) is 4.52 Å². The van der Waals surface area contributed by atoms with Crippen LogP contribution in [-0.4, -0.2) is 53.2 Å². The molecule has 146 valence electrons. The van der Waals surface area contributed by atoms with Crippen molar-refractivity contribution in [2.75, 3.05) is 6.54 Å². The monoisotopic (exact) mass is 390 g/mol. The van der Waals surface area contributed by atoms with Gasteiger partial charge >= 0.3 is 0 Å². The molecule has 0 saturated carbocycles. The van der Waals surface area contributed by atoms with Crippen molar-refractivity contribution in [2.24, 2.45) is 0 Å². The number of imidazole rings is 1. The van der Waals surface area contributed by atoms with Crippen molar-refractivity contribution < 1.29 is 14.4 Å². The highest BCUT2D eigenvalue weighted by Gasteiger charge is 2.37. The van der Waals surface area contributed by atoms with Gasteiger partial charge in [-0.1, -0.05) is 17.3 Å². The van der Waals surface area contributed by atoms with E-state index in [0.29, 0.717) is 23.7 Å². The summed E-state index contributed by atoms with van der Waals surface area (Å²) in [4.78, 5) is 26.7. The number of β-amino-alcohol motifs (C(OH)–C–C–N with tert-alkyl or cyclic N) is 1. The minimum atomic E-state index is -0.592. The zero-order valence-electron chi connectivity index (χ0n) is 15.6. The molecule has 0 spiro atoms. The lowest BCUT2D eigenvalue weighted by Gasteiger charge is -2.19. The number of benzene rings is 1. The quantitative estimate of drug-likeness (QED) is 0.570. The number of nitrogens with zero attached hydrogens (tertiary/aromatic N) is 6. The van der Waals surface area contributed by atoms with Crippen LogP contribution in [0, 0.1) is 0 Å². The van der Waals surface area contributed by atoms with Crippen molar-refractivity contribution in [3.05, 3.63) is 54.8 Å². The summed E-state index contributed by atoms with van der Waals surface area (Å²) >= 11 is 0. The highest BCUT2D eigenvalue weighted by Crippen LogP contribution is 2.32. The largest absolute Gasteiger partial charge is 0.391 e. The molecule has 4 aromatic rings. The molecule has 1 aromatic carbocycles. The summed E-state index contributed by atoms with van der Waals surface area (Å²) in [6, 6.07) is 11.2. The maximum Gasteiger partial charge on any atom is 0.249 e. The Bertz CT molecular complexity index is 1180. The van der Waals surface area contributed by atoms with Crippen molar-refractivity contribution in [1.29, 1.82) is 0 Å². The molecule has 1 amide bonds. The second kappa shape index (κ2) is 6.78. The van der Waals surface area contributed by atoms with Gasteiger partial charge in [0, 0.05) is 31.6 Å². The van der Waals surface area contributed by atoms with E-state index in [9.17, 15) is 9.90 Å². The molecular weight excluding hydrogens is 372 g/mol. The highest BCUT2D eigenvalue weighted by molar-refractivity contribution is 5.77. The van der Waals surface area contributed by atoms with Crippen molar-refractivity contribution in [3.8, 4) is 17.2 Å². The molecule has 4 heterocycles. The van der Waals surface area contributed by atoms with Crippen LogP contribution in [-0.2, 0) is 4.79 Å². The van der Waals surface area contributed by atoms with Gasteiger partial charge in [0.05, 0.1) is 17.1 Å². The van der Waals surface area contributed by atoms with Gasteiger partial charge in [0.2, 0.25) is 17.6 Å². The molecule has 1 saturated heterocycles. The standard InChI is InChI=1S/C20H18N6O3/c1-12(27)25-10-14(28)8-17(25)20-23-19(24-29-20)13-6-7-18(21-9-13)26-11-22-15-4-2-3-5-16(15)26/h2-7,9,11,14,17,28H,8,10H2,1H3/t14-,17-/m0/s1. The highest BCUT2D eigenvalue weighted by atomic mass is 16.5. The predicted octanol–water partition coefficient (Wildman–Crippen LogP) is 2.12. The van der Waals surface area contributed by atoms with Gasteiger partial charge in [-0.05, 0) is 24.3 Å². The fraction of sp³-hybridized carbons (Fsp3) is 0.250. The molecule has 0 aliphatic carbocycles. The molecule has 2 atom stereocenters. The van der Waals surface area contributed by atoms with Crippen LogP contribution in [0.5, 0.6) is 0 Å². The Kier molecular flexibility index (Phi) is 4.09. The van der Waals surface area contributed by atoms with Crippen LogP contribution in [0.2, 0.25) is 0 Å².